The number of hydrogen-bond acceptors (Lipinski definition) is 5. The number of hydrogen-bond donors (Lipinski definition) is 0. The van der Waals surface area contributed by atoms with Crippen LogP contribution in [0.2, 0.25) is 0 Å². The molecule has 0 aliphatic rings. The van der Waals surface area contributed by atoms with Crippen molar-refractivity contribution >= 4 is 99.4 Å². The predicted octanol–water partition coefficient (Wildman–Crippen LogP) is 13.4. The van der Waals surface area contributed by atoms with Crippen molar-refractivity contribution in [3.63, 3.8) is 0 Å². The van der Waals surface area contributed by atoms with Gasteiger partial charge in [0.05, 0.1) is 11.0 Å². The molecular formula is C60H40N2O2P2S. The molecule has 0 spiro atoms. The quantitative estimate of drug-likeness (QED) is 0.107. The van der Waals surface area contributed by atoms with Gasteiger partial charge < -0.3 is 9.13 Å². The maximum atomic E-state index is 16.3. The highest BCUT2D eigenvalue weighted by Crippen LogP contribution is 2.47. The lowest BCUT2D eigenvalue weighted by atomic mass is 9.95. The molecule has 1 atom stereocenters. The van der Waals surface area contributed by atoms with Crippen molar-refractivity contribution in [3.05, 3.63) is 243 Å². The zero-order valence-electron chi connectivity index (χ0n) is 36.1. The van der Waals surface area contributed by atoms with E-state index in [1.807, 2.05) is 134 Å². The van der Waals surface area contributed by atoms with Gasteiger partial charge in [0.2, 0.25) is 0 Å². The summed E-state index contributed by atoms with van der Waals surface area (Å²) in [5.74, 6) is 0. The Labute approximate surface area is 392 Å². The van der Waals surface area contributed by atoms with Crippen LogP contribution in [0.1, 0.15) is 0 Å². The molecule has 0 fully saturated rings. The van der Waals surface area contributed by atoms with Crippen molar-refractivity contribution in [1.82, 2.24) is 9.97 Å². The summed E-state index contributed by atoms with van der Waals surface area (Å²) in [5, 5.41) is 8.69. The van der Waals surface area contributed by atoms with Crippen LogP contribution < -0.4 is 31.8 Å². The smallest absolute Gasteiger partial charge is 0.171 e. The van der Waals surface area contributed by atoms with Crippen molar-refractivity contribution in [3.8, 4) is 33.4 Å². The Bertz CT molecular complexity index is 3890. The van der Waals surface area contributed by atoms with Gasteiger partial charge in [-0.2, -0.15) is 0 Å². The summed E-state index contributed by atoms with van der Waals surface area (Å²) in [6.07, 6.45) is 3.74. The monoisotopic (exact) mass is 914 g/mol. The molecule has 4 nitrogen and oxygen atoms in total. The summed E-state index contributed by atoms with van der Waals surface area (Å²) in [6.45, 7) is 0. The number of thiophene rings is 1. The first-order valence-corrected chi connectivity index (χ1v) is 26.5. The molecule has 67 heavy (non-hydrogen) atoms. The van der Waals surface area contributed by atoms with Crippen LogP contribution >= 0.6 is 25.6 Å². The summed E-state index contributed by atoms with van der Waals surface area (Å²) in [7, 11) is -6.66. The summed E-state index contributed by atoms with van der Waals surface area (Å²) >= 11 is 1.70. The first-order valence-electron chi connectivity index (χ1n) is 22.2. The van der Waals surface area contributed by atoms with Crippen LogP contribution in [-0.2, 0) is 9.13 Å². The highest BCUT2D eigenvalue weighted by molar-refractivity contribution is 7.85. The van der Waals surface area contributed by atoms with E-state index in [0.29, 0.717) is 0 Å². The number of pyridine rings is 2. The van der Waals surface area contributed by atoms with E-state index in [1.165, 1.54) is 0 Å². The SMILES string of the molecule is O=P(c1ccccc1)(c1ccccc1)c1ccc2sc3ccc(P(=O)(c4ccccc4)c4cccc(-c5cccc(-c6ccnc7c6ccc6c(-c8ccccc8)ccnc67)c5)c4)cc3c2c1. The number of fused-ring (bicyclic) bond motifs is 6. The Morgan fingerprint density at radius 2 is 0.687 bits per heavy atom. The molecule has 0 aliphatic carbocycles. The van der Waals surface area contributed by atoms with Crippen molar-refractivity contribution in [2.45, 2.75) is 0 Å². The zero-order chi connectivity index (χ0) is 45.0. The van der Waals surface area contributed by atoms with E-state index in [0.717, 1.165) is 107 Å². The van der Waals surface area contributed by atoms with Crippen LogP contribution in [0.15, 0.2) is 243 Å². The first-order chi connectivity index (χ1) is 33.0. The zero-order valence-corrected chi connectivity index (χ0v) is 38.7. The maximum absolute atomic E-state index is 16.3. The number of aromatic nitrogens is 2. The Kier molecular flexibility index (Phi) is 10.2. The molecule has 318 valence electrons. The molecule has 0 radical (unpaired) electrons. The fourth-order valence-electron chi connectivity index (χ4n) is 9.65. The molecule has 0 aliphatic heterocycles. The highest BCUT2D eigenvalue weighted by atomic mass is 32.1. The molecule has 12 rings (SSSR count). The summed E-state index contributed by atoms with van der Waals surface area (Å²) in [5.41, 5.74) is 8.10. The summed E-state index contributed by atoms with van der Waals surface area (Å²) < 4.78 is 34.0. The normalized spacial score (nSPS) is 12.7. The third kappa shape index (κ3) is 6.98. The van der Waals surface area contributed by atoms with Crippen LogP contribution in [0.3, 0.4) is 0 Å². The molecule has 12 aromatic rings. The van der Waals surface area contributed by atoms with E-state index in [-0.39, 0.29) is 0 Å². The summed E-state index contributed by atoms with van der Waals surface area (Å²) in [4.78, 5) is 9.72. The average Bonchev–Trinajstić information content (AvgIpc) is 3.78. The molecule has 1 unspecified atom stereocenters. The van der Waals surface area contributed by atoms with Crippen molar-refractivity contribution in [1.29, 1.82) is 0 Å². The van der Waals surface area contributed by atoms with Crippen LogP contribution in [0, 0.1) is 0 Å². The molecular weight excluding hydrogens is 875 g/mol. The van der Waals surface area contributed by atoms with Gasteiger partial charge in [-0.25, -0.2) is 0 Å². The Balaban J connectivity index is 0.964. The summed E-state index contributed by atoms with van der Waals surface area (Å²) in [6, 6.07) is 77.5. The second-order valence-corrected chi connectivity index (χ2v) is 23.4. The largest absolute Gasteiger partial charge is 0.309 e. The minimum Gasteiger partial charge on any atom is -0.309 e. The van der Waals surface area contributed by atoms with Gasteiger partial charge in [-0.3, -0.25) is 9.97 Å². The molecule has 0 saturated heterocycles. The lowest BCUT2D eigenvalue weighted by molar-refractivity contribution is 0.591. The lowest BCUT2D eigenvalue weighted by Gasteiger charge is -2.21. The van der Waals surface area contributed by atoms with E-state index in [1.54, 1.807) is 11.3 Å². The number of benzene rings is 9. The Morgan fingerprint density at radius 1 is 0.299 bits per heavy atom. The number of nitrogens with zero attached hydrogens (tertiary/aromatic N) is 2. The highest BCUT2D eigenvalue weighted by Gasteiger charge is 2.32. The fraction of sp³-hybridized carbons (Fsp3) is 0. The van der Waals surface area contributed by atoms with Crippen molar-refractivity contribution in [2.24, 2.45) is 0 Å². The fourth-order valence-corrected chi connectivity index (χ4v) is 16.1. The van der Waals surface area contributed by atoms with Gasteiger partial charge >= 0.3 is 0 Å². The van der Waals surface area contributed by atoms with Gasteiger partial charge in [0.15, 0.2) is 14.3 Å². The molecule has 3 heterocycles. The van der Waals surface area contributed by atoms with Gasteiger partial charge in [-0.05, 0) is 94.0 Å². The Morgan fingerprint density at radius 3 is 1.21 bits per heavy atom. The van der Waals surface area contributed by atoms with Gasteiger partial charge in [0, 0.05) is 75.2 Å². The van der Waals surface area contributed by atoms with Gasteiger partial charge in [-0.1, -0.05) is 170 Å². The van der Waals surface area contributed by atoms with E-state index in [9.17, 15) is 0 Å². The molecule has 3 aromatic heterocycles. The Hall–Kier alpha value is -7.52. The van der Waals surface area contributed by atoms with E-state index in [4.69, 9.17) is 9.97 Å². The van der Waals surface area contributed by atoms with E-state index < -0.39 is 14.3 Å². The van der Waals surface area contributed by atoms with Gasteiger partial charge in [-0.15, -0.1) is 11.3 Å². The minimum atomic E-state index is -3.44. The second kappa shape index (κ2) is 16.7. The average molecular weight is 915 g/mol. The van der Waals surface area contributed by atoms with Gasteiger partial charge in [0.1, 0.15) is 0 Å². The van der Waals surface area contributed by atoms with E-state index >= 15 is 9.13 Å². The van der Waals surface area contributed by atoms with Crippen molar-refractivity contribution < 1.29 is 9.13 Å². The van der Waals surface area contributed by atoms with Crippen molar-refractivity contribution in [2.75, 3.05) is 0 Å². The predicted molar refractivity (Wildman–Crippen MR) is 285 cm³/mol. The van der Waals surface area contributed by atoms with Crippen LogP contribution in [0.5, 0.6) is 0 Å². The molecule has 0 amide bonds. The standard InChI is InChI=1S/C60H40N2O2P2S/c63-65(45-20-7-2-8-21-45,46-22-9-3-10-23-46)49-27-31-57-55(39-49)56-40-50(28-32-58(56)67-57)66(64,47-24-11-4-12-25-47)48-26-14-18-43(38-48)42-17-13-19-44(37-42)52-34-36-62-60-54(52)30-29-53-51(33-35-61-59(53)60)41-15-5-1-6-16-41/h1-40H. The lowest BCUT2D eigenvalue weighted by Crippen LogP contribution is -2.25. The number of rotatable bonds is 9. The molecule has 0 bridgehead atoms. The van der Waals surface area contributed by atoms with Crippen LogP contribution in [-0.4, -0.2) is 9.97 Å². The molecule has 7 heteroatoms. The first kappa shape index (κ1) is 40.9. The maximum Gasteiger partial charge on any atom is 0.171 e. The third-order valence-electron chi connectivity index (χ3n) is 12.9. The molecule has 0 saturated carbocycles. The third-order valence-corrected chi connectivity index (χ3v) is 20.2. The molecule has 0 N–H and O–H groups in total. The van der Waals surface area contributed by atoms with Crippen LogP contribution in [0.25, 0.3) is 75.4 Å². The van der Waals surface area contributed by atoms with E-state index in [2.05, 4.69) is 109 Å². The minimum absolute atomic E-state index is 0.746. The second-order valence-electron chi connectivity index (χ2n) is 16.8. The van der Waals surface area contributed by atoms with Gasteiger partial charge in [0.25, 0.3) is 0 Å². The van der Waals surface area contributed by atoms with Crippen LogP contribution in [0.4, 0.5) is 0 Å². The topological polar surface area (TPSA) is 59.9 Å². The molecule has 9 aromatic carbocycles.